The summed E-state index contributed by atoms with van der Waals surface area (Å²) in [6.07, 6.45) is 9.04. The van der Waals surface area contributed by atoms with Gasteiger partial charge in [0.15, 0.2) is 5.78 Å². The van der Waals surface area contributed by atoms with Crippen molar-refractivity contribution in [2.75, 3.05) is 26.2 Å². The van der Waals surface area contributed by atoms with Crippen molar-refractivity contribution in [2.24, 2.45) is 40.4 Å². The highest BCUT2D eigenvalue weighted by molar-refractivity contribution is 5.83. The second-order valence-corrected chi connectivity index (χ2v) is 12.8. The van der Waals surface area contributed by atoms with Gasteiger partial charge in [0.25, 0.3) is 0 Å². The number of carbonyl (C=O) groups is 2. The van der Waals surface area contributed by atoms with Crippen LogP contribution in [0.3, 0.4) is 0 Å². The second kappa shape index (κ2) is 10.8. The summed E-state index contributed by atoms with van der Waals surface area (Å²) in [5, 5.41) is 20.1. The Morgan fingerprint density at radius 1 is 1.00 bits per heavy atom. The first-order chi connectivity index (χ1) is 16.7. The smallest absolute Gasteiger partial charge is 0.320 e. The molecule has 2 N–H and O–H groups in total. The first kappa shape index (κ1) is 27.1. The molecule has 35 heavy (non-hydrogen) atoms. The van der Waals surface area contributed by atoms with Crippen LogP contribution in [-0.2, 0) is 14.3 Å². The fourth-order valence-corrected chi connectivity index (χ4v) is 9.36. The van der Waals surface area contributed by atoms with Crippen LogP contribution in [0, 0.1) is 40.4 Å². The van der Waals surface area contributed by atoms with E-state index in [1.54, 1.807) is 0 Å². The minimum Gasteiger partial charge on any atom is -0.461 e. The van der Waals surface area contributed by atoms with Crippen LogP contribution in [0.2, 0.25) is 0 Å². The number of Topliss-reactive ketones (excluding diaryl/α,β-unsaturated/α-hetero) is 1. The van der Waals surface area contributed by atoms with Crippen LogP contribution >= 0.6 is 0 Å². The number of ketones is 1. The van der Waals surface area contributed by atoms with Crippen LogP contribution in [0.4, 0.5) is 0 Å². The molecule has 6 nitrogen and oxygen atoms in total. The molecule has 4 aliphatic rings. The van der Waals surface area contributed by atoms with Crippen molar-refractivity contribution in [3.05, 3.63) is 0 Å². The number of fused-ring (bicyclic) bond motifs is 5. The lowest BCUT2D eigenvalue weighted by Gasteiger charge is -2.62. The fourth-order valence-electron chi connectivity index (χ4n) is 9.36. The summed E-state index contributed by atoms with van der Waals surface area (Å²) in [6, 6.07) is 0. The van der Waals surface area contributed by atoms with Gasteiger partial charge >= 0.3 is 5.97 Å². The van der Waals surface area contributed by atoms with Gasteiger partial charge in [0.1, 0.15) is 12.7 Å². The Labute approximate surface area is 212 Å². The van der Waals surface area contributed by atoms with Gasteiger partial charge in [-0.3, -0.25) is 14.5 Å². The molecule has 0 aromatic carbocycles. The van der Waals surface area contributed by atoms with Crippen molar-refractivity contribution in [3.63, 3.8) is 0 Å². The Kier molecular flexibility index (Phi) is 8.34. The average molecular weight is 492 g/mol. The molecule has 9 atom stereocenters. The van der Waals surface area contributed by atoms with Gasteiger partial charge < -0.3 is 14.9 Å². The Morgan fingerprint density at radius 2 is 1.71 bits per heavy atom. The number of carbonyl (C=O) groups excluding carboxylic acids is 2. The lowest BCUT2D eigenvalue weighted by atomic mass is 9.43. The number of hydrogen-bond acceptors (Lipinski definition) is 6. The van der Waals surface area contributed by atoms with E-state index in [1.165, 1.54) is 0 Å². The molecule has 0 aromatic heterocycles. The molecule has 0 aromatic rings. The Hall–Kier alpha value is -0.980. The van der Waals surface area contributed by atoms with Gasteiger partial charge in [-0.1, -0.05) is 27.7 Å². The number of esters is 1. The highest BCUT2D eigenvalue weighted by Crippen LogP contribution is 2.68. The molecule has 0 spiro atoms. The maximum Gasteiger partial charge on any atom is 0.320 e. The van der Waals surface area contributed by atoms with Crippen molar-refractivity contribution >= 4 is 11.8 Å². The van der Waals surface area contributed by atoms with Crippen molar-refractivity contribution in [1.82, 2.24) is 4.90 Å². The first-order valence-electron chi connectivity index (χ1n) is 14.4. The third-order valence-corrected chi connectivity index (χ3v) is 10.8. The fraction of sp³-hybridized carbons (Fsp3) is 0.931. The van der Waals surface area contributed by atoms with E-state index in [-0.39, 0.29) is 46.6 Å². The number of aliphatic hydroxyl groups is 2. The van der Waals surface area contributed by atoms with Crippen molar-refractivity contribution in [1.29, 1.82) is 0 Å². The Morgan fingerprint density at radius 3 is 2.37 bits per heavy atom. The van der Waals surface area contributed by atoms with Crippen molar-refractivity contribution in [3.8, 4) is 0 Å². The van der Waals surface area contributed by atoms with E-state index < -0.39 is 6.61 Å². The highest BCUT2D eigenvalue weighted by atomic mass is 16.5. The normalized spacial score (nSPS) is 42.8. The molecule has 6 heteroatoms. The van der Waals surface area contributed by atoms with Crippen molar-refractivity contribution in [2.45, 2.75) is 104 Å². The average Bonchev–Trinajstić information content (AvgIpc) is 3.15. The third kappa shape index (κ3) is 4.96. The molecule has 0 unspecified atom stereocenters. The predicted molar refractivity (Wildman–Crippen MR) is 136 cm³/mol. The molecular weight excluding hydrogens is 442 g/mol. The zero-order valence-corrected chi connectivity index (χ0v) is 22.5. The molecule has 4 saturated carbocycles. The van der Waals surface area contributed by atoms with E-state index in [0.29, 0.717) is 30.7 Å². The van der Waals surface area contributed by atoms with Crippen LogP contribution in [-0.4, -0.2) is 65.3 Å². The lowest BCUT2D eigenvalue weighted by molar-refractivity contribution is -0.199. The Bertz CT molecular complexity index is 766. The van der Waals surface area contributed by atoms with Gasteiger partial charge in [-0.15, -0.1) is 0 Å². The van der Waals surface area contributed by atoms with E-state index in [0.717, 1.165) is 70.9 Å². The molecule has 0 bridgehead atoms. The topological polar surface area (TPSA) is 87.1 Å². The molecular formula is C29H49NO5. The SMILES string of the molecule is CCCN(CCC)CC(=O)O[C@H]1C[C@]2(C)[C@@H](C(=O)CO)CC[C@H]2[C@@H]2CC[C@H]3C[C@H](O)CC[C@]3(C)[C@H]21. The second-order valence-electron chi connectivity index (χ2n) is 12.8. The largest absolute Gasteiger partial charge is 0.461 e. The molecule has 0 aliphatic heterocycles. The third-order valence-electron chi connectivity index (χ3n) is 10.8. The van der Waals surface area contributed by atoms with Gasteiger partial charge in [-0.05, 0) is 106 Å². The number of nitrogens with zero attached hydrogens (tertiary/aromatic N) is 1. The summed E-state index contributed by atoms with van der Waals surface area (Å²) in [5.74, 6) is 1.29. The van der Waals surface area contributed by atoms with Gasteiger partial charge in [0, 0.05) is 11.8 Å². The molecule has 200 valence electrons. The standard InChI is InChI=1S/C29H49NO5/c1-5-13-30(14-6-2)17-26(34)35-25-16-29(4)22(9-10-23(29)24(33)18-31)21-8-7-19-15-20(32)11-12-28(19,3)27(21)25/h19-23,25,27,31-32H,5-18H2,1-4H3/t19-,20+,21-,22-,23+,25-,27+,28-,29-/m0/s1. The minimum absolute atomic E-state index is 0.0451. The maximum absolute atomic E-state index is 13.3. The van der Waals surface area contributed by atoms with Crippen LogP contribution in [0.25, 0.3) is 0 Å². The quantitative estimate of drug-likeness (QED) is 0.470. The highest BCUT2D eigenvalue weighted by Gasteiger charge is 2.64. The van der Waals surface area contributed by atoms with Crippen LogP contribution in [0.5, 0.6) is 0 Å². The van der Waals surface area contributed by atoms with Crippen LogP contribution in [0.1, 0.15) is 91.9 Å². The number of ether oxygens (including phenoxy) is 1. The minimum atomic E-state index is -0.397. The molecule has 0 heterocycles. The molecule has 0 saturated heterocycles. The van der Waals surface area contributed by atoms with Gasteiger partial charge in [-0.2, -0.15) is 0 Å². The van der Waals surface area contributed by atoms with Crippen molar-refractivity contribution < 1.29 is 24.5 Å². The summed E-state index contributed by atoms with van der Waals surface area (Å²) in [6.45, 7) is 10.6. The maximum atomic E-state index is 13.3. The van der Waals surface area contributed by atoms with E-state index in [9.17, 15) is 19.8 Å². The first-order valence-corrected chi connectivity index (χ1v) is 14.4. The number of hydrogen-bond donors (Lipinski definition) is 2. The summed E-state index contributed by atoms with van der Waals surface area (Å²) in [7, 11) is 0. The van der Waals surface area contributed by atoms with Gasteiger partial charge in [-0.25, -0.2) is 0 Å². The summed E-state index contributed by atoms with van der Waals surface area (Å²) < 4.78 is 6.44. The number of aliphatic hydroxyl groups excluding tert-OH is 2. The van der Waals surface area contributed by atoms with E-state index >= 15 is 0 Å². The number of rotatable bonds is 9. The lowest BCUT2D eigenvalue weighted by Crippen LogP contribution is -2.60. The van der Waals surface area contributed by atoms with Gasteiger partial charge in [0.05, 0.1) is 12.6 Å². The van der Waals surface area contributed by atoms with E-state index in [4.69, 9.17) is 4.74 Å². The van der Waals surface area contributed by atoms with E-state index in [2.05, 4.69) is 32.6 Å². The summed E-state index contributed by atoms with van der Waals surface area (Å²) in [5.41, 5.74) is -0.171. The molecule has 0 radical (unpaired) electrons. The summed E-state index contributed by atoms with van der Waals surface area (Å²) in [4.78, 5) is 28.3. The zero-order chi connectivity index (χ0) is 25.4. The zero-order valence-electron chi connectivity index (χ0n) is 22.5. The monoisotopic (exact) mass is 491 g/mol. The molecule has 4 fully saturated rings. The Balaban J connectivity index is 1.63. The van der Waals surface area contributed by atoms with E-state index in [1.807, 2.05) is 0 Å². The molecule has 4 aliphatic carbocycles. The molecule has 4 rings (SSSR count). The van der Waals surface area contributed by atoms with Crippen LogP contribution in [0.15, 0.2) is 0 Å². The molecule has 0 amide bonds. The van der Waals surface area contributed by atoms with Gasteiger partial charge in [0.2, 0.25) is 0 Å². The predicted octanol–water partition coefficient (Wildman–Crippen LogP) is 4.21. The van der Waals surface area contributed by atoms with Crippen LogP contribution < -0.4 is 0 Å². The summed E-state index contributed by atoms with van der Waals surface area (Å²) >= 11 is 0.